The number of hydrogen-bond acceptors (Lipinski definition) is 2. The summed E-state index contributed by atoms with van der Waals surface area (Å²) < 4.78 is 86.8. The molecule has 0 aliphatic carbocycles. The van der Waals surface area contributed by atoms with Crippen molar-refractivity contribution in [1.29, 1.82) is 0 Å². The maximum absolute atomic E-state index is 12.5. The molecule has 0 rings (SSSR count). The molecular formula is C12H26F6O2Si3. The maximum Gasteiger partial charge on any atom is 0.388 e. The van der Waals surface area contributed by atoms with Crippen LogP contribution < -0.4 is 0 Å². The van der Waals surface area contributed by atoms with Crippen molar-refractivity contribution in [3.63, 3.8) is 0 Å². The molecular weight excluding hydrogens is 374 g/mol. The summed E-state index contributed by atoms with van der Waals surface area (Å²) in [5.74, 6) is 0. The first-order valence-electron chi connectivity index (χ1n) is 7.36. The van der Waals surface area contributed by atoms with Crippen LogP contribution in [-0.2, 0) is 8.23 Å². The molecule has 0 saturated carbocycles. The van der Waals surface area contributed by atoms with Crippen molar-refractivity contribution in [3.8, 4) is 0 Å². The van der Waals surface area contributed by atoms with Crippen molar-refractivity contribution < 1.29 is 34.6 Å². The van der Waals surface area contributed by atoms with Crippen LogP contribution >= 0.6 is 0 Å². The average molecular weight is 401 g/mol. The Morgan fingerprint density at radius 1 is 0.652 bits per heavy atom. The van der Waals surface area contributed by atoms with Crippen molar-refractivity contribution in [2.24, 2.45) is 0 Å². The number of halogens is 6. The minimum absolute atomic E-state index is 0.377. The summed E-state index contributed by atoms with van der Waals surface area (Å²) in [5.41, 5.74) is 0. The molecule has 0 radical (unpaired) electrons. The molecule has 0 N–H and O–H groups in total. The second-order valence-electron chi connectivity index (χ2n) is 7.40. The van der Waals surface area contributed by atoms with E-state index in [9.17, 15) is 26.3 Å². The van der Waals surface area contributed by atoms with Crippen LogP contribution in [0.15, 0.2) is 0 Å². The van der Waals surface area contributed by atoms with Gasteiger partial charge in [0.05, 0.1) is 0 Å². The smallest absolute Gasteiger partial charge is 0.388 e. The molecule has 11 heteroatoms. The predicted octanol–water partition coefficient (Wildman–Crippen LogP) is 6.04. The van der Waals surface area contributed by atoms with Gasteiger partial charge >= 0.3 is 20.9 Å². The summed E-state index contributed by atoms with van der Waals surface area (Å²) in [6.45, 7) is 10.6. The highest BCUT2D eigenvalue weighted by molar-refractivity contribution is 6.87. The molecule has 0 aliphatic rings. The lowest BCUT2D eigenvalue weighted by molar-refractivity contribution is -0.132. The molecule has 0 aromatic carbocycles. The highest BCUT2D eigenvalue weighted by atomic mass is 28.5. The Balaban J connectivity index is 5.09. The van der Waals surface area contributed by atoms with Gasteiger partial charge in [-0.15, -0.1) is 0 Å². The van der Waals surface area contributed by atoms with Crippen molar-refractivity contribution in [2.45, 2.75) is 76.6 Å². The summed E-state index contributed by atoms with van der Waals surface area (Å²) >= 11 is 0. The molecule has 0 atom stereocenters. The Hall–Kier alpha value is 0.151. The molecule has 2 nitrogen and oxygen atoms in total. The Morgan fingerprint density at radius 2 is 1.00 bits per heavy atom. The van der Waals surface area contributed by atoms with Gasteiger partial charge in [0.2, 0.25) is 0 Å². The third-order valence-electron chi connectivity index (χ3n) is 2.92. The van der Waals surface area contributed by atoms with Gasteiger partial charge in [0.25, 0.3) is 0 Å². The fraction of sp³-hybridized carbons (Fsp3) is 1.00. The third kappa shape index (κ3) is 13.2. The summed E-state index contributed by atoms with van der Waals surface area (Å²) in [5, 5.41) is 0. The molecule has 0 bridgehead atoms. The fourth-order valence-corrected chi connectivity index (χ4v) is 16.3. The summed E-state index contributed by atoms with van der Waals surface area (Å²) in [6.07, 6.45) is -11.0. The van der Waals surface area contributed by atoms with Crippen LogP contribution in [0.25, 0.3) is 0 Å². The molecule has 0 aromatic rings. The van der Waals surface area contributed by atoms with E-state index in [0.717, 1.165) is 0 Å². The van der Waals surface area contributed by atoms with E-state index in [0.29, 0.717) is 0 Å². The van der Waals surface area contributed by atoms with Gasteiger partial charge in [0, 0.05) is 12.8 Å². The van der Waals surface area contributed by atoms with Crippen LogP contribution in [0.4, 0.5) is 26.3 Å². The van der Waals surface area contributed by atoms with Crippen molar-refractivity contribution in [3.05, 3.63) is 0 Å². The zero-order valence-corrected chi connectivity index (χ0v) is 17.4. The summed E-state index contributed by atoms with van der Waals surface area (Å²) in [7, 11) is -7.96. The molecule has 0 saturated heterocycles. The largest absolute Gasteiger partial charge is 0.437 e. The lowest BCUT2D eigenvalue weighted by Crippen LogP contribution is -2.53. The molecule has 0 spiro atoms. The van der Waals surface area contributed by atoms with Crippen LogP contribution in [0, 0.1) is 0 Å². The van der Waals surface area contributed by atoms with E-state index >= 15 is 0 Å². The predicted molar refractivity (Wildman–Crippen MR) is 85.6 cm³/mol. The SMILES string of the molecule is C[Si](C)(C)O[Si](C)(C)O[Si](C)(CCC(F)(F)F)CCC(F)(F)F. The van der Waals surface area contributed by atoms with Gasteiger partial charge < -0.3 is 8.23 Å². The van der Waals surface area contributed by atoms with E-state index in [-0.39, 0.29) is 12.1 Å². The highest BCUT2D eigenvalue weighted by Crippen LogP contribution is 2.35. The Bertz CT molecular complexity index is 358. The molecule has 23 heavy (non-hydrogen) atoms. The van der Waals surface area contributed by atoms with E-state index in [1.807, 2.05) is 19.6 Å². The Labute approximate surface area is 137 Å². The maximum atomic E-state index is 12.5. The highest BCUT2D eigenvalue weighted by Gasteiger charge is 2.44. The first-order chi connectivity index (χ1) is 9.83. The first kappa shape index (κ1) is 23.2. The van der Waals surface area contributed by atoms with E-state index in [4.69, 9.17) is 8.23 Å². The van der Waals surface area contributed by atoms with Crippen molar-refractivity contribution >= 4 is 25.2 Å². The lowest BCUT2D eigenvalue weighted by Gasteiger charge is -2.39. The van der Waals surface area contributed by atoms with Gasteiger partial charge in [-0.1, -0.05) is 0 Å². The number of alkyl halides is 6. The molecule has 0 unspecified atom stereocenters. The fourth-order valence-electron chi connectivity index (χ4n) is 2.39. The van der Waals surface area contributed by atoms with E-state index in [2.05, 4.69) is 0 Å². The zero-order chi connectivity index (χ0) is 18.7. The quantitative estimate of drug-likeness (QED) is 0.365. The van der Waals surface area contributed by atoms with Gasteiger partial charge in [-0.25, -0.2) is 0 Å². The van der Waals surface area contributed by atoms with Gasteiger partial charge in [-0.05, 0) is 51.4 Å². The Morgan fingerprint density at radius 3 is 1.26 bits per heavy atom. The van der Waals surface area contributed by atoms with Crippen LogP contribution in [0.1, 0.15) is 12.8 Å². The zero-order valence-electron chi connectivity index (χ0n) is 14.4. The summed E-state index contributed by atoms with van der Waals surface area (Å²) in [6, 6.07) is -0.754. The van der Waals surface area contributed by atoms with Crippen LogP contribution in [0.3, 0.4) is 0 Å². The minimum atomic E-state index is -4.40. The van der Waals surface area contributed by atoms with Crippen LogP contribution in [-0.4, -0.2) is 37.5 Å². The second-order valence-corrected chi connectivity index (χ2v) is 20.0. The minimum Gasteiger partial charge on any atom is -0.437 e. The van der Waals surface area contributed by atoms with Gasteiger partial charge in [0.1, 0.15) is 0 Å². The van der Waals surface area contributed by atoms with Gasteiger partial charge in [-0.2, -0.15) is 26.3 Å². The third-order valence-corrected chi connectivity index (χ3v) is 13.9. The van der Waals surface area contributed by atoms with E-state index in [1.165, 1.54) is 6.55 Å². The lowest BCUT2D eigenvalue weighted by atomic mass is 10.5. The standard InChI is InChI=1S/C12H26F6O2Si3/c1-21(2,3)19-22(4,5)20-23(6,9-7-11(13,14)15)10-8-12(16,17)18/h7-10H2,1-6H3. The number of hydrogen-bond donors (Lipinski definition) is 0. The number of rotatable bonds is 8. The van der Waals surface area contributed by atoms with Crippen LogP contribution in [0.5, 0.6) is 0 Å². The average Bonchev–Trinajstić information content (AvgIpc) is 2.18. The van der Waals surface area contributed by atoms with E-state index < -0.39 is 50.4 Å². The van der Waals surface area contributed by atoms with Crippen molar-refractivity contribution in [2.75, 3.05) is 0 Å². The normalized spacial score (nSPS) is 15.1. The topological polar surface area (TPSA) is 18.5 Å². The molecule has 0 aliphatic heterocycles. The molecule has 0 fully saturated rings. The second kappa shape index (κ2) is 7.58. The monoisotopic (exact) mass is 400 g/mol. The van der Waals surface area contributed by atoms with Gasteiger partial charge in [-0.3, -0.25) is 0 Å². The first-order valence-corrected chi connectivity index (χ1v) is 16.4. The molecule has 0 amide bonds. The summed E-state index contributed by atoms with van der Waals surface area (Å²) in [4.78, 5) is 0. The molecule has 140 valence electrons. The Kier molecular flexibility index (Phi) is 7.63. The van der Waals surface area contributed by atoms with Crippen molar-refractivity contribution in [1.82, 2.24) is 0 Å². The molecule has 0 aromatic heterocycles. The van der Waals surface area contributed by atoms with E-state index in [1.54, 1.807) is 13.1 Å². The van der Waals surface area contributed by atoms with Gasteiger partial charge in [0.15, 0.2) is 16.6 Å². The van der Waals surface area contributed by atoms with Crippen LogP contribution in [0.2, 0.25) is 51.4 Å². The molecule has 0 heterocycles.